The third kappa shape index (κ3) is 3.24. The quantitative estimate of drug-likeness (QED) is 0.810. The van der Waals surface area contributed by atoms with Gasteiger partial charge in [-0.25, -0.2) is 0 Å². The molecule has 0 saturated carbocycles. The van der Waals surface area contributed by atoms with Crippen molar-refractivity contribution >= 4 is 11.8 Å². The van der Waals surface area contributed by atoms with Crippen molar-refractivity contribution in [2.75, 3.05) is 56.9 Å². The molecule has 4 rings (SSSR count). The van der Waals surface area contributed by atoms with E-state index >= 15 is 0 Å². The zero-order valence-electron chi connectivity index (χ0n) is 15.1. The zero-order chi connectivity index (χ0) is 17.9. The number of benzene rings is 1. The van der Waals surface area contributed by atoms with Crippen LogP contribution in [0.25, 0.3) is 0 Å². The molecule has 26 heavy (non-hydrogen) atoms. The van der Waals surface area contributed by atoms with Gasteiger partial charge in [0.15, 0.2) is 17.3 Å². The van der Waals surface area contributed by atoms with Gasteiger partial charge < -0.3 is 24.0 Å². The Morgan fingerprint density at radius 2 is 1.69 bits per heavy atom. The average molecular weight is 357 g/mol. The van der Waals surface area contributed by atoms with Crippen LogP contribution in [0.4, 0.5) is 11.8 Å². The largest absolute Gasteiger partial charge is 0.493 e. The number of anilines is 2. The van der Waals surface area contributed by atoms with Gasteiger partial charge in [0.1, 0.15) is 0 Å². The fourth-order valence-electron chi connectivity index (χ4n) is 3.42. The van der Waals surface area contributed by atoms with Crippen LogP contribution in [0.15, 0.2) is 18.3 Å². The zero-order valence-corrected chi connectivity index (χ0v) is 15.1. The molecule has 8 heteroatoms. The number of nitrogens with zero attached hydrogens (tertiary/aromatic N) is 5. The lowest BCUT2D eigenvalue weighted by molar-refractivity contribution is 0.122. The first-order valence-corrected chi connectivity index (χ1v) is 8.79. The maximum absolute atomic E-state index is 5.44. The number of rotatable bonds is 4. The van der Waals surface area contributed by atoms with E-state index in [9.17, 15) is 0 Å². The van der Waals surface area contributed by atoms with Gasteiger partial charge in [-0.15, -0.1) is 5.10 Å². The second-order valence-corrected chi connectivity index (χ2v) is 6.36. The Bertz CT molecular complexity index is 779. The van der Waals surface area contributed by atoms with E-state index in [4.69, 9.17) is 19.2 Å². The van der Waals surface area contributed by atoms with E-state index in [0.717, 1.165) is 63.1 Å². The van der Waals surface area contributed by atoms with Crippen LogP contribution in [0.2, 0.25) is 0 Å². The molecule has 1 aromatic carbocycles. The summed E-state index contributed by atoms with van der Waals surface area (Å²) in [6.07, 6.45) is 2.63. The van der Waals surface area contributed by atoms with Gasteiger partial charge in [-0.05, 0) is 29.7 Å². The predicted molar refractivity (Wildman–Crippen MR) is 97.2 cm³/mol. The smallest absolute Gasteiger partial charge is 0.247 e. The first kappa shape index (κ1) is 16.8. The van der Waals surface area contributed by atoms with E-state index in [0.29, 0.717) is 5.95 Å². The highest BCUT2D eigenvalue weighted by molar-refractivity contribution is 5.51. The molecule has 0 unspecified atom stereocenters. The van der Waals surface area contributed by atoms with Gasteiger partial charge in [-0.1, -0.05) is 0 Å². The second kappa shape index (κ2) is 7.33. The number of fused-ring (bicyclic) bond motifs is 1. The number of morpholine rings is 1. The van der Waals surface area contributed by atoms with Gasteiger partial charge in [0, 0.05) is 26.2 Å². The lowest BCUT2D eigenvalue weighted by atomic mass is 9.99. The van der Waals surface area contributed by atoms with Gasteiger partial charge >= 0.3 is 0 Å². The Kier molecular flexibility index (Phi) is 4.75. The van der Waals surface area contributed by atoms with Crippen LogP contribution in [0.3, 0.4) is 0 Å². The van der Waals surface area contributed by atoms with Crippen molar-refractivity contribution < 1.29 is 14.2 Å². The van der Waals surface area contributed by atoms with Crippen LogP contribution < -0.4 is 19.3 Å². The number of hydrogen-bond acceptors (Lipinski definition) is 8. The summed E-state index contributed by atoms with van der Waals surface area (Å²) in [5.41, 5.74) is 2.48. The Hall–Kier alpha value is -2.61. The molecule has 138 valence electrons. The van der Waals surface area contributed by atoms with E-state index in [1.807, 2.05) is 6.07 Å². The van der Waals surface area contributed by atoms with E-state index < -0.39 is 0 Å². The van der Waals surface area contributed by atoms with E-state index in [2.05, 4.69) is 26.1 Å². The molecular weight excluding hydrogens is 334 g/mol. The minimum absolute atomic E-state index is 0.662. The van der Waals surface area contributed by atoms with Gasteiger partial charge in [0.05, 0.1) is 33.6 Å². The lowest BCUT2D eigenvalue weighted by Crippen LogP contribution is -2.38. The SMILES string of the molecule is COc1cc2c(cc1OC)CN(c1nncc(N3CCOCC3)n1)CC2. The standard InChI is InChI=1S/C18H23N5O3/c1-24-15-9-13-3-4-23(12-14(13)10-16(15)25-2)18-20-17(11-19-21-18)22-5-7-26-8-6-22/h9-11H,3-8,12H2,1-2H3. The summed E-state index contributed by atoms with van der Waals surface area (Å²) in [4.78, 5) is 9.08. The molecule has 0 bridgehead atoms. The van der Waals surface area contributed by atoms with E-state index in [1.54, 1.807) is 20.4 Å². The molecule has 2 aliphatic rings. The topological polar surface area (TPSA) is 72.8 Å². The van der Waals surface area contributed by atoms with Gasteiger partial charge in [0.2, 0.25) is 5.95 Å². The third-order valence-corrected chi connectivity index (χ3v) is 4.87. The summed E-state index contributed by atoms with van der Waals surface area (Å²) in [5, 5.41) is 8.43. The molecule has 0 aliphatic carbocycles. The second-order valence-electron chi connectivity index (χ2n) is 6.36. The van der Waals surface area contributed by atoms with Crippen molar-refractivity contribution in [3.8, 4) is 11.5 Å². The molecule has 0 amide bonds. The van der Waals surface area contributed by atoms with Crippen molar-refractivity contribution in [1.29, 1.82) is 0 Å². The molecule has 1 fully saturated rings. The highest BCUT2D eigenvalue weighted by Gasteiger charge is 2.22. The fraction of sp³-hybridized carbons (Fsp3) is 0.500. The van der Waals surface area contributed by atoms with Crippen LogP contribution in [0, 0.1) is 0 Å². The van der Waals surface area contributed by atoms with Gasteiger partial charge in [-0.2, -0.15) is 10.1 Å². The number of aromatic nitrogens is 3. The summed E-state index contributed by atoms with van der Waals surface area (Å²) < 4.78 is 16.3. The molecule has 8 nitrogen and oxygen atoms in total. The molecular formula is C18H23N5O3. The Balaban J connectivity index is 1.57. The minimum Gasteiger partial charge on any atom is -0.493 e. The first-order chi connectivity index (χ1) is 12.8. The number of hydrogen-bond donors (Lipinski definition) is 0. The van der Waals surface area contributed by atoms with Crippen molar-refractivity contribution in [1.82, 2.24) is 15.2 Å². The van der Waals surface area contributed by atoms with Gasteiger partial charge in [0.25, 0.3) is 0 Å². The molecule has 0 spiro atoms. The third-order valence-electron chi connectivity index (χ3n) is 4.87. The monoisotopic (exact) mass is 357 g/mol. The average Bonchev–Trinajstić information content (AvgIpc) is 2.73. The van der Waals surface area contributed by atoms with E-state index in [-0.39, 0.29) is 0 Å². The summed E-state index contributed by atoms with van der Waals surface area (Å²) >= 11 is 0. The van der Waals surface area contributed by atoms with Crippen LogP contribution in [0.5, 0.6) is 11.5 Å². The Morgan fingerprint density at radius 3 is 2.42 bits per heavy atom. The highest BCUT2D eigenvalue weighted by atomic mass is 16.5. The number of methoxy groups -OCH3 is 2. The minimum atomic E-state index is 0.662. The maximum atomic E-state index is 5.44. The normalized spacial score (nSPS) is 17.0. The Labute approximate surface area is 152 Å². The van der Waals surface area contributed by atoms with Crippen molar-refractivity contribution in [2.45, 2.75) is 13.0 Å². The van der Waals surface area contributed by atoms with Gasteiger partial charge in [-0.3, -0.25) is 0 Å². The summed E-state index contributed by atoms with van der Waals surface area (Å²) in [6, 6.07) is 4.11. The number of ether oxygens (including phenoxy) is 3. The maximum Gasteiger partial charge on any atom is 0.247 e. The molecule has 2 aromatic rings. The molecule has 1 aromatic heterocycles. The van der Waals surface area contributed by atoms with Crippen LogP contribution >= 0.6 is 0 Å². The van der Waals surface area contributed by atoms with Crippen LogP contribution in [-0.2, 0) is 17.7 Å². The van der Waals surface area contributed by atoms with Crippen molar-refractivity contribution in [2.24, 2.45) is 0 Å². The highest BCUT2D eigenvalue weighted by Crippen LogP contribution is 2.34. The first-order valence-electron chi connectivity index (χ1n) is 8.79. The summed E-state index contributed by atoms with van der Waals surface area (Å²) in [5.74, 6) is 3.03. The Morgan fingerprint density at radius 1 is 0.962 bits per heavy atom. The fourth-order valence-corrected chi connectivity index (χ4v) is 3.42. The molecule has 0 N–H and O–H groups in total. The van der Waals surface area contributed by atoms with E-state index in [1.165, 1.54) is 11.1 Å². The molecule has 2 aliphatic heterocycles. The molecule has 0 radical (unpaired) electrons. The van der Waals surface area contributed by atoms with Crippen molar-refractivity contribution in [3.05, 3.63) is 29.5 Å². The van der Waals surface area contributed by atoms with Crippen LogP contribution in [0.1, 0.15) is 11.1 Å². The molecule has 1 saturated heterocycles. The van der Waals surface area contributed by atoms with Crippen LogP contribution in [-0.4, -0.2) is 62.2 Å². The molecule has 3 heterocycles. The summed E-state index contributed by atoms with van der Waals surface area (Å²) in [6.45, 7) is 4.67. The van der Waals surface area contributed by atoms with Crippen molar-refractivity contribution in [3.63, 3.8) is 0 Å². The lowest BCUT2D eigenvalue weighted by Gasteiger charge is -2.31. The predicted octanol–water partition coefficient (Wildman–Crippen LogP) is 1.29. The molecule has 0 atom stereocenters. The summed E-state index contributed by atoms with van der Waals surface area (Å²) in [7, 11) is 3.32.